The lowest BCUT2D eigenvalue weighted by Crippen LogP contribution is -2.23. The first-order valence-corrected chi connectivity index (χ1v) is 7.73. The highest BCUT2D eigenvalue weighted by molar-refractivity contribution is 5.90. The molecular formula is C19H19N3O2. The lowest BCUT2D eigenvalue weighted by atomic mass is 10.1. The fraction of sp³-hybridized carbons (Fsp3) is 0.211. The maximum Gasteiger partial charge on any atom is 0.338 e. The van der Waals surface area contributed by atoms with Gasteiger partial charge in [0.2, 0.25) is 0 Å². The van der Waals surface area contributed by atoms with Crippen LogP contribution >= 0.6 is 0 Å². The van der Waals surface area contributed by atoms with E-state index in [0.29, 0.717) is 11.4 Å². The standard InChI is InChI=1S/C19H19N3O2/c1-19(2,3)24-18(23)13-8-10-14(11-9-13)21-17-12-20-15-6-4-5-7-16(15)22-17/h4-12H,1-3H3,(H,21,22). The first kappa shape index (κ1) is 15.9. The van der Waals surface area contributed by atoms with Crippen molar-refractivity contribution >= 4 is 28.5 Å². The molecule has 0 unspecified atom stereocenters. The summed E-state index contributed by atoms with van der Waals surface area (Å²) in [6.45, 7) is 5.54. The summed E-state index contributed by atoms with van der Waals surface area (Å²) in [5, 5.41) is 3.18. The third kappa shape index (κ3) is 3.87. The number of benzene rings is 2. The molecule has 1 heterocycles. The number of hydrogen-bond donors (Lipinski definition) is 1. The molecule has 0 radical (unpaired) electrons. The number of nitrogens with one attached hydrogen (secondary N) is 1. The van der Waals surface area contributed by atoms with Gasteiger partial charge in [0, 0.05) is 5.69 Å². The maximum absolute atomic E-state index is 12.0. The molecule has 0 amide bonds. The highest BCUT2D eigenvalue weighted by Crippen LogP contribution is 2.19. The van der Waals surface area contributed by atoms with Crippen LogP contribution in [0.3, 0.4) is 0 Å². The quantitative estimate of drug-likeness (QED) is 0.727. The fourth-order valence-corrected chi connectivity index (χ4v) is 2.19. The Morgan fingerprint density at radius 2 is 1.67 bits per heavy atom. The Balaban J connectivity index is 1.74. The molecule has 1 N–H and O–H groups in total. The number of fused-ring (bicyclic) bond motifs is 1. The molecule has 3 aromatic rings. The number of hydrogen-bond acceptors (Lipinski definition) is 5. The lowest BCUT2D eigenvalue weighted by molar-refractivity contribution is 0.00696. The van der Waals surface area contributed by atoms with Crippen molar-refractivity contribution < 1.29 is 9.53 Å². The highest BCUT2D eigenvalue weighted by atomic mass is 16.6. The minimum Gasteiger partial charge on any atom is -0.456 e. The molecule has 24 heavy (non-hydrogen) atoms. The molecule has 5 heteroatoms. The van der Waals surface area contributed by atoms with Gasteiger partial charge in [0.25, 0.3) is 0 Å². The van der Waals surface area contributed by atoms with Crippen molar-refractivity contribution in [3.8, 4) is 0 Å². The number of para-hydroxylation sites is 2. The summed E-state index contributed by atoms with van der Waals surface area (Å²) >= 11 is 0. The summed E-state index contributed by atoms with van der Waals surface area (Å²) < 4.78 is 5.35. The van der Waals surface area contributed by atoms with E-state index < -0.39 is 5.60 Å². The van der Waals surface area contributed by atoms with E-state index in [1.54, 1.807) is 18.3 Å². The fourth-order valence-electron chi connectivity index (χ4n) is 2.19. The number of carbonyl (C=O) groups excluding carboxylic acids is 1. The average Bonchev–Trinajstić information content (AvgIpc) is 2.54. The summed E-state index contributed by atoms with van der Waals surface area (Å²) in [6, 6.07) is 14.8. The molecule has 0 aliphatic carbocycles. The first-order chi connectivity index (χ1) is 11.4. The Morgan fingerprint density at radius 3 is 2.33 bits per heavy atom. The summed E-state index contributed by atoms with van der Waals surface area (Å²) in [6.07, 6.45) is 1.68. The van der Waals surface area contributed by atoms with Gasteiger partial charge in [-0.15, -0.1) is 0 Å². The summed E-state index contributed by atoms with van der Waals surface area (Å²) in [7, 11) is 0. The minimum atomic E-state index is -0.505. The van der Waals surface area contributed by atoms with E-state index in [1.165, 1.54) is 0 Å². The van der Waals surface area contributed by atoms with Crippen LogP contribution in [0.25, 0.3) is 11.0 Å². The third-order valence-electron chi connectivity index (χ3n) is 3.24. The summed E-state index contributed by atoms with van der Waals surface area (Å²) in [4.78, 5) is 20.9. The van der Waals surface area contributed by atoms with Crippen molar-refractivity contribution in [2.75, 3.05) is 5.32 Å². The van der Waals surface area contributed by atoms with Gasteiger partial charge in [0.1, 0.15) is 11.4 Å². The Hall–Kier alpha value is -2.95. The number of carbonyl (C=O) groups is 1. The predicted molar refractivity (Wildman–Crippen MR) is 94.4 cm³/mol. The van der Waals surface area contributed by atoms with Gasteiger partial charge in [0.15, 0.2) is 0 Å². The second-order valence-corrected chi connectivity index (χ2v) is 6.45. The zero-order valence-electron chi connectivity index (χ0n) is 13.9. The maximum atomic E-state index is 12.0. The molecule has 0 fully saturated rings. The van der Waals surface area contributed by atoms with E-state index in [2.05, 4.69) is 15.3 Å². The highest BCUT2D eigenvalue weighted by Gasteiger charge is 2.17. The number of aromatic nitrogens is 2. The van der Waals surface area contributed by atoms with Crippen molar-refractivity contribution in [3.63, 3.8) is 0 Å². The second-order valence-electron chi connectivity index (χ2n) is 6.45. The van der Waals surface area contributed by atoms with Crippen LogP contribution in [0.15, 0.2) is 54.7 Å². The molecule has 0 spiro atoms. The van der Waals surface area contributed by atoms with Crippen LogP contribution in [0.4, 0.5) is 11.5 Å². The number of rotatable bonds is 3. The number of ether oxygens (including phenoxy) is 1. The molecule has 0 aliphatic rings. The van der Waals surface area contributed by atoms with Gasteiger partial charge in [-0.1, -0.05) is 12.1 Å². The van der Waals surface area contributed by atoms with Crippen LogP contribution in [-0.2, 0) is 4.74 Å². The molecule has 3 rings (SSSR count). The molecule has 2 aromatic carbocycles. The van der Waals surface area contributed by atoms with Gasteiger partial charge in [-0.2, -0.15) is 0 Å². The molecule has 0 saturated carbocycles. The van der Waals surface area contributed by atoms with Gasteiger partial charge in [0.05, 0.1) is 22.8 Å². The molecule has 0 atom stereocenters. The van der Waals surface area contributed by atoms with E-state index in [0.717, 1.165) is 16.7 Å². The molecule has 1 aromatic heterocycles. The zero-order chi connectivity index (χ0) is 17.2. The summed E-state index contributed by atoms with van der Waals surface area (Å²) in [5.74, 6) is 0.318. The Labute approximate surface area is 140 Å². The zero-order valence-corrected chi connectivity index (χ0v) is 13.9. The van der Waals surface area contributed by atoms with Crippen LogP contribution in [0.5, 0.6) is 0 Å². The van der Waals surface area contributed by atoms with E-state index in [1.807, 2.05) is 57.2 Å². The van der Waals surface area contributed by atoms with Gasteiger partial charge >= 0.3 is 5.97 Å². The Kier molecular flexibility index (Phi) is 4.16. The Bertz CT molecular complexity index is 868. The van der Waals surface area contributed by atoms with E-state index >= 15 is 0 Å². The number of nitrogens with zero attached hydrogens (tertiary/aromatic N) is 2. The number of esters is 1. The third-order valence-corrected chi connectivity index (χ3v) is 3.24. The topological polar surface area (TPSA) is 64.1 Å². The summed E-state index contributed by atoms with van der Waals surface area (Å²) in [5.41, 5.74) is 2.51. The average molecular weight is 321 g/mol. The SMILES string of the molecule is CC(C)(C)OC(=O)c1ccc(Nc2cnc3ccccc3n2)cc1. The van der Waals surface area contributed by atoms with Gasteiger partial charge in [-0.05, 0) is 57.2 Å². The smallest absolute Gasteiger partial charge is 0.338 e. The predicted octanol–water partition coefficient (Wildman–Crippen LogP) is 4.33. The van der Waals surface area contributed by atoms with Crippen LogP contribution in [-0.4, -0.2) is 21.5 Å². The minimum absolute atomic E-state index is 0.334. The van der Waals surface area contributed by atoms with Crippen LogP contribution in [0.1, 0.15) is 31.1 Å². The first-order valence-electron chi connectivity index (χ1n) is 7.73. The van der Waals surface area contributed by atoms with Crippen molar-refractivity contribution in [1.82, 2.24) is 9.97 Å². The monoisotopic (exact) mass is 321 g/mol. The van der Waals surface area contributed by atoms with Gasteiger partial charge in [-0.3, -0.25) is 4.98 Å². The molecule has 0 aliphatic heterocycles. The van der Waals surface area contributed by atoms with Crippen LogP contribution in [0.2, 0.25) is 0 Å². The van der Waals surface area contributed by atoms with E-state index in [4.69, 9.17) is 4.74 Å². The Morgan fingerprint density at radius 1 is 1.00 bits per heavy atom. The van der Waals surface area contributed by atoms with Crippen molar-refractivity contribution in [1.29, 1.82) is 0 Å². The van der Waals surface area contributed by atoms with Crippen molar-refractivity contribution in [3.05, 3.63) is 60.3 Å². The molecular weight excluding hydrogens is 302 g/mol. The van der Waals surface area contributed by atoms with Gasteiger partial charge in [-0.25, -0.2) is 9.78 Å². The van der Waals surface area contributed by atoms with Gasteiger partial charge < -0.3 is 10.1 Å². The molecule has 5 nitrogen and oxygen atoms in total. The van der Waals surface area contributed by atoms with Crippen LogP contribution < -0.4 is 5.32 Å². The van der Waals surface area contributed by atoms with Crippen LogP contribution in [0, 0.1) is 0 Å². The van der Waals surface area contributed by atoms with Crippen molar-refractivity contribution in [2.24, 2.45) is 0 Å². The molecule has 122 valence electrons. The number of anilines is 2. The van der Waals surface area contributed by atoms with E-state index in [-0.39, 0.29) is 5.97 Å². The molecule has 0 saturated heterocycles. The van der Waals surface area contributed by atoms with E-state index in [9.17, 15) is 4.79 Å². The van der Waals surface area contributed by atoms with Crippen molar-refractivity contribution in [2.45, 2.75) is 26.4 Å². The lowest BCUT2D eigenvalue weighted by Gasteiger charge is -2.19. The normalized spacial score (nSPS) is 11.3. The second kappa shape index (κ2) is 6.28. The largest absolute Gasteiger partial charge is 0.456 e. The molecule has 0 bridgehead atoms.